The first-order valence-corrected chi connectivity index (χ1v) is 10.6. The second kappa shape index (κ2) is 8.76. The Hall–Kier alpha value is -1.47. The SMILES string of the molecule is CCC1CCCCN1C(=O)CN(CCc1ccc(F)cc1)S(C)(=O)=O. The van der Waals surface area contributed by atoms with E-state index < -0.39 is 10.0 Å². The molecule has 1 aromatic rings. The molecule has 0 aliphatic carbocycles. The fourth-order valence-electron chi connectivity index (χ4n) is 3.26. The van der Waals surface area contributed by atoms with E-state index in [4.69, 9.17) is 0 Å². The van der Waals surface area contributed by atoms with Crippen molar-refractivity contribution < 1.29 is 17.6 Å². The van der Waals surface area contributed by atoms with Gasteiger partial charge in [0.15, 0.2) is 0 Å². The lowest BCUT2D eigenvalue weighted by atomic mass is 10.00. The van der Waals surface area contributed by atoms with Crippen molar-refractivity contribution >= 4 is 15.9 Å². The maximum atomic E-state index is 13.0. The lowest BCUT2D eigenvalue weighted by molar-refractivity contribution is -0.135. The first kappa shape index (κ1) is 19.8. The number of benzene rings is 1. The quantitative estimate of drug-likeness (QED) is 0.741. The van der Waals surface area contributed by atoms with Gasteiger partial charge in [0.05, 0.1) is 12.8 Å². The Bertz CT molecular complexity index is 676. The summed E-state index contributed by atoms with van der Waals surface area (Å²) in [4.78, 5) is 14.5. The van der Waals surface area contributed by atoms with Crippen molar-refractivity contribution in [2.75, 3.05) is 25.9 Å². The Morgan fingerprint density at radius 1 is 1.28 bits per heavy atom. The van der Waals surface area contributed by atoms with Crippen molar-refractivity contribution in [2.45, 2.75) is 45.1 Å². The van der Waals surface area contributed by atoms with Gasteiger partial charge in [-0.15, -0.1) is 0 Å². The highest BCUT2D eigenvalue weighted by atomic mass is 32.2. The summed E-state index contributed by atoms with van der Waals surface area (Å²) in [5.41, 5.74) is 0.840. The lowest BCUT2D eigenvalue weighted by Gasteiger charge is -2.36. The molecule has 7 heteroatoms. The molecule has 1 aliphatic rings. The van der Waals surface area contributed by atoms with Crippen LogP contribution in [0.1, 0.15) is 38.2 Å². The number of rotatable bonds is 7. The number of carbonyl (C=O) groups is 1. The molecular weight excluding hydrogens is 343 g/mol. The van der Waals surface area contributed by atoms with E-state index in [0.717, 1.165) is 37.5 Å². The molecule has 1 amide bonds. The molecule has 0 spiro atoms. The molecule has 1 unspecified atom stereocenters. The van der Waals surface area contributed by atoms with Gasteiger partial charge in [0.25, 0.3) is 0 Å². The molecule has 1 fully saturated rings. The van der Waals surface area contributed by atoms with Crippen LogP contribution >= 0.6 is 0 Å². The van der Waals surface area contributed by atoms with Crippen LogP contribution in [-0.2, 0) is 21.2 Å². The predicted molar refractivity (Wildman–Crippen MR) is 96.2 cm³/mol. The number of hydrogen-bond acceptors (Lipinski definition) is 3. The number of amides is 1. The summed E-state index contributed by atoms with van der Waals surface area (Å²) in [7, 11) is -3.49. The zero-order chi connectivity index (χ0) is 18.4. The van der Waals surface area contributed by atoms with E-state index in [1.165, 1.54) is 16.4 Å². The highest BCUT2D eigenvalue weighted by molar-refractivity contribution is 7.88. The van der Waals surface area contributed by atoms with Gasteiger partial charge >= 0.3 is 0 Å². The highest BCUT2D eigenvalue weighted by Crippen LogP contribution is 2.20. The number of halogens is 1. The second-order valence-electron chi connectivity index (χ2n) is 6.62. The monoisotopic (exact) mass is 370 g/mol. The Labute approximate surface area is 149 Å². The molecule has 1 heterocycles. The van der Waals surface area contributed by atoms with Crippen LogP contribution in [0.5, 0.6) is 0 Å². The summed E-state index contributed by atoms with van der Waals surface area (Å²) in [6.45, 7) is 2.84. The van der Waals surface area contributed by atoms with Crippen LogP contribution in [-0.4, -0.2) is 55.5 Å². The first-order valence-electron chi connectivity index (χ1n) is 8.80. The molecule has 25 heavy (non-hydrogen) atoms. The first-order chi connectivity index (χ1) is 11.8. The van der Waals surface area contributed by atoms with E-state index in [1.54, 1.807) is 12.1 Å². The topological polar surface area (TPSA) is 57.7 Å². The minimum atomic E-state index is -3.49. The van der Waals surface area contributed by atoms with Crippen LogP contribution in [0.4, 0.5) is 4.39 Å². The third kappa shape index (κ3) is 5.78. The molecule has 0 bridgehead atoms. The molecule has 1 atom stereocenters. The maximum Gasteiger partial charge on any atom is 0.238 e. The molecule has 140 valence electrons. The van der Waals surface area contributed by atoms with Crippen LogP contribution in [0.2, 0.25) is 0 Å². The van der Waals surface area contributed by atoms with Crippen LogP contribution < -0.4 is 0 Å². The Balaban J connectivity index is 2.02. The van der Waals surface area contributed by atoms with E-state index in [2.05, 4.69) is 6.92 Å². The van der Waals surface area contributed by atoms with Gasteiger partial charge in [-0.25, -0.2) is 12.8 Å². The van der Waals surface area contributed by atoms with E-state index in [0.29, 0.717) is 13.0 Å². The molecule has 0 N–H and O–H groups in total. The zero-order valence-corrected chi connectivity index (χ0v) is 15.8. The molecular formula is C18H27FN2O3S. The number of nitrogens with zero attached hydrogens (tertiary/aromatic N) is 2. The number of sulfonamides is 1. The molecule has 1 aliphatic heterocycles. The summed E-state index contributed by atoms with van der Waals surface area (Å²) >= 11 is 0. The van der Waals surface area contributed by atoms with Gasteiger partial charge < -0.3 is 4.90 Å². The minimum Gasteiger partial charge on any atom is -0.339 e. The Kier molecular flexibility index (Phi) is 6.95. The van der Waals surface area contributed by atoms with Crippen LogP contribution in [0.15, 0.2) is 24.3 Å². The number of carbonyl (C=O) groups excluding carboxylic acids is 1. The summed E-state index contributed by atoms with van der Waals surface area (Å²) in [6.07, 6.45) is 5.52. The highest BCUT2D eigenvalue weighted by Gasteiger charge is 2.28. The predicted octanol–water partition coefficient (Wildman–Crippen LogP) is 2.42. The van der Waals surface area contributed by atoms with Gasteiger partial charge in [0.1, 0.15) is 5.82 Å². The largest absolute Gasteiger partial charge is 0.339 e. The molecule has 5 nitrogen and oxygen atoms in total. The van der Waals surface area contributed by atoms with Gasteiger partial charge in [-0.1, -0.05) is 19.1 Å². The lowest BCUT2D eigenvalue weighted by Crippen LogP contribution is -2.49. The fraction of sp³-hybridized carbons (Fsp3) is 0.611. The van der Waals surface area contributed by atoms with Crippen LogP contribution in [0.25, 0.3) is 0 Å². The molecule has 1 aromatic carbocycles. The summed E-state index contributed by atoms with van der Waals surface area (Å²) in [5, 5.41) is 0. The minimum absolute atomic E-state index is 0.128. The zero-order valence-electron chi connectivity index (χ0n) is 14.9. The third-order valence-electron chi connectivity index (χ3n) is 4.76. The van der Waals surface area contributed by atoms with E-state index >= 15 is 0 Å². The van der Waals surface area contributed by atoms with E-state index in [-0.39, 0.29) is 30.9 Å². The molecule has 2 rings (SSSR count). The summed E-state index contributed by atoms with van der Waals surface area (Å²) in [5.74, 6) is -0.453. The number of piperidine rings is 1. The van der Waals surface area contributed by atoms with Gasteiger partial charge in [-0.2, -0.15) is 4.31 Å². The maximum absolute atomic E-state index is 13.0. The van der Waals surface area contributed by atoms with Crippen molar-refractivity contribution in [1.29, 1.82) is 0 Å². The van der Waals surface area contributed by atoms with Gasteiger partial charge in [-0.05, 0) is 49.8 Å². The molecule has 0 aromatic heterocycles. The summed E-state index contributed by atoms with van der Waals surface area (Å²) in [6, 6.07) is 6.18. The molecule has 0 radical (unpaired) electrons. The van der Waals surface area contributed by atoms with Crippen LogP contribution in [0.3, 0.4) is 0 Å². The van der Waals surface area contributed by atoms with Crippen LogP contribution in [0, 0.1) is 5.82 Å². The number of hydrogen-bond donors (Lipinski definition) is 0. The Morgan fingerprint density at radius 2 is 1.96 bits per heavy atom. The second-order valence-corrected chi connectivity index (χ2v) is 8.60. The van der Waals surface area contributed by atoms with Gasteiger partial charge in [0, 0.05) is 19.1 Å². The van der Waals surface area contributed by atoms with E-state index in [9.17, 15) is 17.6 Å². The van der Waals surface area contributed by atoms with Crippen molar-refractivity contribution in [3.05, 3.63) is 35.6 Å². The average Bonchev–Trinajstić information content (AvgIpc) is 2.58. The van der Waals surface area contributed by atoms with Crippen molar-refractivity contribution in [3.63, 3.8) is 0 Å². The molecule has 0 saturated carbocycles. The summed E-state index contributed by atoms with van der Waals surface area (Å²) < 4.78 is 38.3. The fourth-order valence-corrected chi connectivity index (χ4v) is 4.03. The molecule has 1 saturated heterocycles. The normalized spacial score (nSPS) is 18.6. The van der Waals surface area contributed by atoms with Crippen molar-refractivity contribution in [1.82, 2.24) is 9.21 Å². The standard InChI is InChI=1S/C18H27FN2O3S/c1-3-17-6-4-5-12-21(17)18(22)14-20(25(2,23)24)13-11-15-7-9-16(19)10-8-15/h7-10,17H,3-6,11-14H2,1-2H3. The number of likely N-dealkylation sites (tertiary alicyclic amines) is 1. The smallest absolute Gasteiger partial charge is 0.238 e. The van der Waals surface area contributed by atoms with Gasteiger partial charge in [0.2, 0.25) is 15.9 Å². The average molecular weight is 370 g/mol. The van der Waals surface area contributed by atoms with Crippen molar-refractivity contribution in [3.8, 4) is 0 Å². The van der Waals surface area contributed by atoms with E-state index in [1.807, 2.05) is 4.90 Å². The van der Waals surface area contributed by atoms with Crippen molar-refractivity contribution in [2.24, 2.45) is 0 Å². The third-order valence-corrected chi connectivity index (χ3v) is 6.01. The Morgan fingerprint density at radius 3 is 2.56 bits per heavy atom. The van der Waals surface area contributed by atoms with Gasteiger partial charge in [-0.3, -0.25) is 4.79 Å².